The van der Waals surface area contributed by atoms with E-state index in [0.717, 1.165) is 5.56 Å². The first kappa shape index (κ1) is 12.8. The second-order valence-corrected chi connectivity index (χ2v) is 5.97. The molecule has 2 rings (SSSR count). The first-order valence-electron chi connectivity index (χ1n) is 5.46. The maximum absolute atomic E-state index is 11.3. The van der Waals surface area contributed by atoms with Crippen LogP contribution in [0.15, 0.2) is 39.8 Å². The molecule has 0 spiro atoms. The summed E-state index contributed by atoms with van der Waals surface area (Å²) in [7, 11) is -3.17. The van der Waals surface area contributed by atoms with Crippen LogP contribution in [0.2, 0.25) is 0 Å². The van der Waals surface area contributed by atoms with Gasteiger partial charge in [-0.15, -0.1) is 0 Å². The van der Waals surface area contributed by atoms with Crippen molar-refractivity contribution in [2.75, 3.05) is 12.8 Å². The van der Waals surface area contributed by atoms with Crippen molar-refractivity contribution in [3.05, 3.63) is 36.4 Å². The van der Waals surface area contributed by atoms with Gasteiger partial charge in [0.25, 0.3) is 0 Å². The number of hydrogen-bond donors (Lipinski definition) is 1. The molecule has 2 aromatic rings. The van der Waals surface area contributed by atoms with Gasteiger partial charge in [-0.1, -0.05) is 0 Å². The monoisotopic (exact) mass is 266 g/mol. The third-order valence-electron chi connectivity index (χ3n) is 2.48. The lowest BCUT2D eigenvalue weighted by molar-refractivity contribution is 0.508. The minimum absolute atomic E-state index is 0.285. The van der Waals surface area contributed by atoms with Crippen LogP contribution in [-0.2, 0) is 16.3 Å². The van der Waals surface area contributed by atoms with Gasteiger partial charge in [0, 0.05) is 24.8 Å². The number of aromatic nitrogens is 1. The summed E-state index contributed by atoms with van der Waals surface area (Å²) < 4.78 is 28.1. The second kappa shape index (κ2) is 4.91. The summed E-state index contributed by atoms with van der Waals surface area (Å²) in [4.78, 5) is 4.37. The Morgan fingerprint density at radius 2 is 1.94 bits per heavy atom. The number of oxazole rings is 1. The number of hydrogen-bond acceptors (Lipinski definition) is 5. The van der Waals surface area contributed by atoms with Gasteiger partial charge >= 0.3 is 0 Å². The van der Waals surface area contributed by atoms with E-state index in [9.17, 15) is 8.42 Å². The lowest BCUT2D eigenvalue weighted by atomic mass is 10.2. The van der Waals surface area contributed by atoms with E-state index in [2.05, 4.69) is 4.98 Å². The van der Waals surface area contributed by atoms with Crippen molar-refractivity contribution in [2.45, 2.75) is 11.3 Å². The number of sulfone groups is 1. The summed E-state index contributed by atoms with van der Waals surface area (Å²) in [6, 6.07) is 6.50. The highest BCUT2D eigenvalue weighted by atomic mass is 32.2. The maximum atomic E-state index is 11.3. The van der Waals surface area contributed by atoms with Crippen LogP contribution in [0.1, 0.15) is 5.89 Å². The number of rotatable bonds is 4. The Morgan fingerprint density at radius 3 is 2.50 bits per heavy atom. The fourth-order valence-corrected chi connectivity index (χ4v) is 2.18. The predicted octanol–water partition coefficient (Wildman–Crippen LogP) is 1.25. The summed E-state index contributed by atoms with van der Waals surface area (Å²) in [5.74, 6) is 1.19. The SMILES string of the molecule is CS(=O)(=O)c1ccc(-c2cnc(CCN)o2)cc1. The molecule has 5 nitrogen and oxygen atoms in total. The molecule has 1 aromatic carbocycles. The van der Waals surface area contributed by atoms with Gasteiger partial charge in [0.2, 0.25) is 0 Å². The van der Waals surface area contributed by atoms with Crippen LogP contribution in [-0.4, -0.2) is 26.2 Å². The Hall–Kier alpha value is -1.66. The lowest BCUT2D eigenvalue weighted by Crippen LogP contribution is -2.02. The van der Waals surface area contributed by atoms with Crippen LogP contribution in [0, 0.1) is 0 Å². The second-order valence-electron chi connectivity index (χ2n) is 3.95. The molecule has 18 heavy (non-hydrogen) atoms. The van der Waals surface area contributed by atoms with E-state index in [4.69, 9.17) is 10.2 Å². The van der Waals surface area contributed by atoms with Gasteiger partial charge in [0.15, 0.2) is 21.5 Å². The summed E-state index contributed by atoms with van der Waals surface area (Å²) in [5, 5.41) is 0. The molecule has 0 fully saturated rings. The summed E-state index contributed by atoms with van der Waals surface area (Å²) in [6.07, 6.45) is 3.37. The van der Waals surface area contributed by atoms with E-state index >= 15 is 0 Å². The van der Waals surface area contributed by atoms with Gasteiger partial charge in [-0.25, -0.2) is 13.4 Å². The molecule has 0 bridgehead atoms. The number of nitrogens with two attached hydrogens (primary N) is 1. The molecular weight excluding hydrogens is 252 g/mol. The summed E-state index contributed by atoms with van der Waals surface area (Å²) in [6.45, 7) is 0.479. The van der Waals surface area contributed by atoms with Crippen molar-refractivity contribution in [1.82, 2.24) is 4.98 Å². The quantitative estimate of drug-likeness (QED) is 0.900. The molecule has 0 amide bonds. The van der Waals surface area contributed by atoms with Crippen LogP contribution in [0.25, 0.3) is 11.3 Å². The number of benzene rings is 1. The lowest BCUT2D eigenvalue weighted by Gasteiger charge is -1.99. The number of nitrogens with zero attached hydrogens (tertiary/aromatic N) is 1. The largest absolute Gasteiger partial charge is 0.441 e. The van der Waals surface area contributed by atoms with Crippen molar-refractivity contribution in [3.8, 4) is 11.3 Å². The summed E-state index contributed by atoms with van der Waals surface area (Å²) in [5.41, 5.74) is 6.20. The zero-order chi connectivity index (χ0) is 13.2. The molecule has 0 saturated heterocycles. The smallest absolute Gasteiger partial charge is 0.196 e. The van der Waals surface area contributed by atoms with Crippen LogP contribution in [0.4, 0.5) is 0 Å². The van der Waals surface area contributed by atoms with E-state index in [0.29, 0.717) is 24.6 Å². The van der Waals surface area contributed by atoms with Crippen molar-refractivity contribution in [1.29, 1.82) is 0 Å². The maximum Gasteiger partial charge on any atom is 0.196 e. The fraction of sp³-hybridized carbons (Fsp3) is 0.250. The molecule has 1 aromatic heterocycles. The van der Waals surface area contributed by atoms with Crippen molar-refractivity contribution >= 4 is 9.84 Å². The molecule has 6 heteroatoms. The van der Waals surface area contributed by atoms with E-state index in [-0.39, 0.29) is 4.90 Å². The normalized spacial score (nSPS) is 11.7. The molecule has 0 saturated carbocycles. The van der Waals surface area contributed by atoms with Crippen LogP contribution >= 0.6 is 0 Å². The van der Waals surface area contributed by atoms with Crippen molar-refractivity contribution in [2.24, 2.45) is 5.73 Å². The first-order chi connectivity index (χ1) is 8.50. The van der Waals surface area contributed by atoms with Gasteiger partial charge in [-0.05, 0) is 24.3 Å². The van der Waals surface area contributed by atoms with Gasteiger partial charge in [-0.3, -0.25) is 0 Å². The summed E-state index contributed by atoms with van der Waals surface area (Å²) >= 11 is 0. The highest BCUT2D eigenvalue weighted by Crippen LogP contribution is 2.22. The highest BCUT2D eigenvalue weighted by Gasteiger charge is 2.09. The van der Waals surface area contributed by atoms with Crippen molar-refractivity contribution < 1.29 is 12.8 Å². The molecule has 0 unspecified atom stereocenters. The van der Waals surface area contributed by atoms with Gasteiger partial charge in [0.05, 0.1) is 11.1 Å². The predicted molar refractivity (Wildman–Crippen MR) is 67.8 cm³/mol. The third-order valence-corrected chi connectivity index (χ3v) is 3.61. The highest BCUT2D eigenvalue weighted by molar-refractivity contribution is 7.90. The molecular formula is C12H14N2O3S. The van der Waals surface area contributed by atoms with E-state index in [1.54, 1.807) is 30.5 Å². The average Bonchev–Trinajstić information content (AvgIpc) is 2.77. The van der Waals surface area contributed by atoms with E-state index in [1.165, 1.54) is 6.26 Å². The first-order valence-corrected chi connectivity index (χ1v) is 7.35. The Labute approximate surface area is 106 Å². The molecule has 0 aliphatic carbocycles. The van der Waals surface area contributed by atoms with Crippen LogP contribution in [0.5, 0.6) is 0 Å². The molecule has 2 N–H and O–H groups in total. The fourth-order valence-electron chi connectivity index (χ4n) is 1.55. The Balaban J connectivity index is 2.28. The zero-order valence-corrected chi connectivity index (χ0v) is 10.8. The van der Waals surface area contributed by atoms with Gasteiger partial charge < -0.3 is 10.2 Å². The van der Waals surface area contributed by atoms with Crippen molar-refractivity contribution in [3.63, 3.8) is 0 Å². The topological polar surface area (TPSA) is 86.2 Å². The molecule has 96 valence electrons. The Morgan fingerprint density at radius 1 is 1.28 bits per heavy atom. The van der Waals surface area contributed by atoms with Gasteiger partial charge in [-0.2, -0.15) is 0 Å². The average molecular weight is 266 g/mol. The Bertz CT molecular complexity index is 630. The van der Waals surface area contributed by atoms with E-state index in [1.807, 2.05) is 0 Å². The Kier molecular flexibility index (Phi) is 3.49. The van der Waals surface area contributed by atoms with Gasteiger partial charge in [0.1, 0.15) is 0 Å². The van der Waals surface area contributed by atoms with E-state index < -0.39 is 9.84 Å². The molecule has 0 aliphatic heterocycles. The van der Waals surface area contributed by atoms with Crippen LogP contribution < -0.4 is 5.73 Å². The molecule has 1 heterocycles. The minimum Gasteiger partial charge on any atom is -0.441 e. The van der Waals surface area contributed by atoms with Crippen LogP contribution in [0.3, 0.4) is 0 Å². The molecule has 0 radical (unpaired) electrons. The third kappa shape index (κ3) is 2.77. The zero-order valence-electron chi connectivity index (χ0n) is 9.96. The molecule has 0 atom stereocenters. The minimum atomic E-state index is -3.17. The standard InChI is InChI=1S/C12H14N2O3S/c1-18(15,16)10-4-2-9(3-5-10)11-8-14-12(17-11)6-7-13/h2-5,8H,6-7,13H2,1H3. The molecule has 0 aliphatic rings.